The lowest BCUT2D eigenvalue weighted by Crippen LogP contribution is -2.42. The van der Waals surface area contributed by atoms with E-state index in [2.05, 4.69) is 13.8 Å². The number of piperidine rings is 1. The van der Waals surface area contributed by atoms with E-state index in [1.54, 1.807) is 6.07 Å². The molecule has 0 saturated carbocycles. The predicted octanol–water partition coefficient (Wildman–Crippen LogP) is 3.26. The van der Waals surface area contributed by atoms with Crippen molar-refractivity contribution in [2.45, 2.75) is 43.7 Å². The molecule has 21 heavy (non-hydrogen) atoms. The van der Waals surface area contributed by atoms with Crippen molar-refractivity contribution in [2.75, 3.05) is 13.1 Å². The maximum Gasteiger partial charge on any atom is 0.270 e. The van der Waals surface area contributed by atoms with Gasteiger partial charge in [-0.15, -0.1) is 11.3 Å². The van der Waals surface area contributed by atoms with Gasteiger partial charge in [-0.2, -0.15) is 0 Å². The maximum atomic E-state index is 12.3. The van der Waals surface area contributed by atoms with E-state index in [-0.39, 0.29) is 16.5 Å². The van der Waals surface area contributed by atoms with Crippen LogP contribution in [0.25, 0.3) is 0 Å². The first-order chi connectivity index (χ1) is 9.73. The lowest BCUT2D eigenvalue weighted by atomic mass is 9.78. The topological polar surface area (TPSA) is 54.5 Å². The van der Waals surface area contributed by atoms with Gasteiger partial charge in [0.05, 0.1) is 6.42 Å². The van der Waals surface area contributed by atoms with Gasteiger partial charge in [-0.3, -0.25) is 4.79 Å². The standard InChI is InChI=1S/C14H20ClNO3S2/c1-3-14(2)6-8-16(9-7-14)12(17)10-11-4-5-13(20-11)21(15,18)19/h4-5H,3,6-10H2,1-2H3. The molecule has 0 aliphatic carbocycles. The number of nitrogens with zero attached hydrogens (tertiary/aromatic N) is 1. The van der Waals surface area contributed by atoms with Gasteiger partial charge in [-0.1, -0.05) is 20.3 Å². The van der Waals surface area contributed by atoms with E-state index in [0.717, 1.165) is 48.6 Å². The van der Waals surface area contributed by atoms with E-state index in [0.29, 0.717) is 5.41 Å². The van der Waals surface area contributed by atoms with Crippen LogP contribution in [0.4, 0.5) is 0 Å². The fourth-order valence-electron chi connectivity index (χ4n) is 2.49. The highest BCUT2D eigenvalue weighted by atomic mass is 35.7. The van der Waals surface area contributed by atoms with E-state index < -0.39 is 9.05 Å². The molecule has 0 N–H and O–H groups in total. The van der Waals surface area contributed by atoms with Crippen LogP contribution in [0.1, 0.15) is 38.0 Å². The van der Waals surface area contributed by atoms with Crippen molar-refractivity contribution in [3.63, 3.8) is 0 Å². The van der Waals surface area contributed by atoms with Crippen LogP contribution in [0.5, 0.6) is 0 Å². The Bertz CT molecular complexity index is 616. The number of carbonyl (C=O) groups is 1. The lowest BCUT2D eigenvalue weighted by molar-refractivity contribution is -0.132. The molecule has 0 radical (unpaired) electrons. The van der Waals surface area contributed by atoms with E-state index in [1.807, 2.05) is 4.90 Å². The van der Waals surface area contributed by atoms with Gasteiger partial charge < -0.3 is 4.90 Å². The molecule has 2 heterocycles. The van der Waals surface area contributed by atoms with Gasteiger partial charge in [-0.25, -0.2) is 8.42 Å². The third-order valence-corrected chi connectivity index (χ3v) is 7.56. The average molecular weight is 350 g/mol. The van der Waals surface area contributed by atoms with Crippen LogP contribution in [-0.4, -0.2) is 32.3 Å². The lowest BCUT2D eigenvalue weighted by Gasteiger charge is -2.38. The molecule has 4 nitrogen and oxygen atoms in total. The Balaban J connectivity index is 1.95. The fourth-order valence-corrected chi connectivity index (χ4v) is 4.61. The van der Waals surface area contributed by atoms with Gasteiger partial charge in [0.15, 0.2) is 0 Å². The number of halogens is 1. The van der Waals surface area contributed by atoms with Gasteiger partial charge in [0.2, 0.25) is 5.91 Å². The Morgan fingerprint density at radius 1 is 1.38 bits per heavy atom. The van der Waals surface area contributed by atoms with Crippen LogP contribution >= 0.6 is 22.0 Å². The molecule has 0 atom stereocenters. The predicted molar refractivity (Wildman–Crippen MR) is 85.3 cm³/mol. The second kappa shape index (κ2) is 6.26. The molecule has 1 saturated heterocycles. The van der Waals surface area contributed by atoms with Gasteiger partial charge in [0.25, 0.3) is 9.05 Å². The zero-order chi connectivity index (χ0) is 15.7. The summed E-state index contributed by atoms with van der Waals surface area (Å²) in [6.07, 6.45) is 3.44. The molecule has 0 spiro atoms. The molecule has 2 rings (SSSR count). The highest BCUT2D eigenvalue weighted by Crippen LogP contribution is 2.34. The minimum absolute atomic E-state index is 0.0634. The summed E-state index contributed by atoms with van der Waals surface area (Å²) < 4.78 is 22.5. The fraction of sp³-hybridized carbons (Fsp3) is 0.643. The second-order valence-electron chi connectivity index (χ2n) is 5.88. The molecule has 1 aromatic heterocycles. The molecule has 7 heteroatoms. The van der Waals surface area contributed by atoms with E-state index in [1.165, 1.54) is 6.07 Å². The van der Waals surface area contributed by atoms with Gasteiger partial charge >= 0.3 is 0 Å². The number of likely N-dealkylation sites (tertiary alicyclic amines) is 1. The summed E-state index contributed by atoms with van der Waals surface area (Å²) in [4.78, 5) is 14.9. The number of thiophene rings is 1. The Morgan fingerprint density at radius 3 is 2.48 bits per heavy atom. The quantitative estimate of drug-likeness (QED) is 0.784. The third-order valence-electron chi connectivity index (χ3n) is 4.38. The van der Waals surface area contributed by atoms with Gasteiger partial charge in [-0.05, 0) is 30.4 Å². The van der Waals surface area contributed by atoms with Crippen LogP contribution in [0.2, 0.25) is 0 Å². The minimum Gasteiger partial charge on any atom is -0.342 e. The van der Waals surface area contributed by atoms with E-state index >= 15 is 0 Å². The van der Waals surface area contributed by atoms with Crippen molar-refractivity contribution in [3.8, 4) is 0 Å². The average Bonchev–Trinajstić information content (AvgIpc) is 2.88. The summed E-state index contributed by atoms with van der Waals surface area (Å²) in [5, 5.41) is 0. The molecule has 1 aromatic rings. The van der Waals surface area contributed by atoms with Gasteiger partial charge in [0.1, 0.15) is 4.21 Å². The molecule has 0 unspecified atom stereocenters. The first kappa shape index (κ1) is 16.8. The third kappa shape index (κ3) is 4.20. The van der Waals surface area contributed by atoms with Crippen molar-refractivity contribution in [3.05, 3.63) is 17.0 Å². The molecule has 1 amide bonds. The summed E-state index contributed by atoms with van der Waals surface area (Å²) in [5.41, 5.74) is 0.347. The van der Waals surface area contributed by atoms with Crippen LogP contribution in [0.3, 0.4) is 0 Å². The van der Waals surface area contributed by atoms with Crippen molar-refractivity contribution in [1.82, 2.24) is 4.90 Å². The molecule has 1 aliphatic rings. The molecule has 0 aromatic carbocycles. The smallest absolute Gasteiger partial charge is 0.270 e. The highest BCUT2D eigenvalue weighted by Gasteiger charge is 2.30. The molecule has 118 valence electrons. The molecular weight excluding hydrogens is 330 g/mol. The summed E-state index contributed by atoms with van der Waals surface area (Å²) in [7, 11) is 1.60. The zero-order valence-corrected chi connectivity index (χ0v) is 14.7. The molecule has 1 aliphatic heterocycles. The number of hydrogen-bond acceptors (Lipinski definition) is 4. The minimum atomic E-state index is -3.70. The number of hydrogen-bond donors (Lipinski definition) is 0. The van der Waals surface area contributed by atoms with E-state index in [4.69, 9.17) is 10.7 Å². The Hall–Kier alpha value is -0.590. The molecule has 0 bridgehead atoms. The largest absolute Gasteiger partial charge is 0.342 e. The number of carbonyl (C=O) groups excluding carboxylic acids is 1. The monoisotopic (exact) mass is 349 g/mol. The van der Waals surface area contributed by atoms with Gasteiger partial charge in [0, 0.05) is 28.6 Å². The normalized spacial score (nSPS) is 18.7. The molecular formula is C14H20ClNO3S2. The highest BCUT2D eigenvalue weighted by molar-refractivity contribution is 8.15. The maximum absolute atomic E-state index is 12.3. The van der Waals surface area contributed by atoms with E-state index in [9.17, 15) is 13.2 Å². The first-order valence-electron chi connectivity index (χ1n) is 7.05. The van der Waals surface area contributed by atoms with Crippen LogP contribution in [0.15, 0.2) is 16.3 Å². The Kier molecular flexibility index (Phi) is 5.00. The van der Waals surface area contributed by atoms with Crippen LogP contribution in [-0.2, 0) is 20.3 Å². The Labute approximate surface area is 134 Å². The SMILES string of the molecule is CCC1(C)CCN(C(=O)Cc2ccc(S(=O)(=O)Cl)s2)CC1. The number of rotatable bonds is 4. The summed E-state index contributed by atoms with van der Waals surface area (Å²) in [6, 6.07) is 3.12. The summed E-state index contributed by atoms with van der Waals surface area (Å²) >= 11 is 1.07. The zero-order valence-electron chi connectivity index (χ0n) is 12.3. The second-order valence-corrected chi connectivity index (χ2v) is 9.84. The van der Waals surface area contributed by atoms with Crippen LogP contribution in [0, 0.1) is 5.41 Å². The van der Waals surface area contributed by atoms with Crippen molar-refractivity contribution < 1.29 is 13.2 Å². The van der Waals surface area contributed by atoms with Crippen molar-refractivity contribution in [2.24, 2.45) is 5.41 Å². The molecule has 1 fully saturated rings. The Morgan fingerprint density at radius 2 is 2.00 bits per heavy atom. The van der Waals surface area contributed by atoms with Crippen molar-refractivity contribution in [1.29, 1.82) is 0 Å². The van der Waals surface area contributed by atoms with Crippen LogP contribution < -0.4 is 0 Å². The summed E-state index contributed by atoms with van der Waals surface area (Å²) in [5.74, 6) is 0.0634. The number of amides is 1. The summed E-state index contributed by atoms with van der Waals surface area (Å²) in [6.45, 7) is 6.04. The first-order valence-corrected chi connectivity index (χ1v) is 10.2. The van der Waals surface area contributed by atoms with Crippen molar-refractivity contribution >= 4 is 37.0 Å².